The van der Waals surface area contributed by atoms with Crippen LogP contribution in [0.25, 0.3) is 0 Å². The molecule has 134 valence electrons. The number of unbranched alkanes of at least 4 members (excludes halogenated alkanes) is 1. The summed E-state index contributed by atoms with van der Waals surface area (Å²) in [5.74, 6) is 1.24. The van der Waals surface area contributed by atoms with Crippen molar-refractivity contribution in [3.05, 3.63) is 17.7 Å². The Morgan fingerprint density at radius 3 is 2.71 bits per heavy atom. The lowest BCUT2D eigenvalue weighted by Gasteiger charge is -2.11. The van der Waals surface area contributed by atoms with Gasteiger partial charge in [-0.25, -0.2) is 13.1 Å². The SMILES string of the molecule is Cc1c(NC(=O)CCCCNS(=O)(=O)C(C)C)ccc2c1OCO2. The van der Waals surface area contributed by atoms with E-state index in [-0.39, 0.29) is 12.7 Å². The topological polar surface area (TPSA) is 93.7 Å². The van der Waals surface area contributed by atoms with Gasteiger partial charge < -0.3 is 14.8 Å². The van der Waals surface area contributed by atoms with Crippen molar-refractivity contribution in [2.24, 2.45) is 0 Å². The minimum absolute atomic E-state index is 0.108. The lowest BCUT2D eigenvalue weighted by atomic mass is 10.1. The van der Waals surface area contributed by atoms with Crippen molar-refractivity contribution in [3.63, 3.8) is 0 Å². The number of rotatable bonds is 8. The number of ether oxygens (including phenoxy) is 2. The van der Waals surface area contributed by atoms with Crippen molar-refractivity contribution in [2.45, 2.75) is 45.3 Å². The Morgan fingerprint density at radius 2 is 2.00 bits per heavy atom. The third-order valence-electron chi connectivity index (χ3n) is 3.82. The first-order valence-corrected chi connectivity index (χ1v) is 9.53. The number of amides is 1. The highest BCUT2D eigenvalue weighted by molar-refractivity contribution is 7.90. The van der Waals surface area contributed by atoms with Gasteiger partial charge in [-0.2, -0.15) is 0 Å². The van der Waals surface area contributed by atoms with Crippen LogP contribution in [0.2, 0.25) is 0 Å². The van der Waals surface area contributed by atoms with Crippen LogP contribution in [0.1, 0.15) is 38.7 Å². The normalized spacial score (nSPS) is 13.3. The Bertz CT molecular complexity index is 701. The standard InChI is InChI=1S/C16H24N2O5S/c1-11(2)24(20,21)17-9-5-4-6-15(19)18-13-7-8-14-16(12(13)3)23-10-22-14/h7-8,11,17H,4-6,9-10H2,1-3H3,(H,18,19). The van der Waals surface area contributed by atoms with E-state index in [1.54, 1.807) is 26.0 Å². The Morgan fingerprint density at radius 1 is 1.25 bits per heavy atom. The number of hydrogen-bond donors (Lipinski definition) is 2. The molecule has 1 amide bonds. The average molecular weight is 356 g/mol. The number of fused-ring (bicyclic) bond motifs is 1. The van der Waals surface area contributed by atoms with Crippen LogP contribution in [-0.2, 0) is 14.8 Å². The molecule has 1 aromatic rings. The maximum atomic E-state index is 12.0. The molecule has 0 saturated heterocycles. The molecule has 7 nitrogen and oxygen atoms in total. The van der Waals surface area contributed by atoms with E-state index in [1.807, 2.05) is 6.92 Å². The molecule has 0 unspecified atom stereocenters. The quantitative estimate of drug-likeness (QED) is 0.696. The van der Waals surface area contributed by atoms with E-state index in [1.165, 1.54) is 0 Å². The molecule has 2 rings (SSSR count). The monoisotopic (exact) mass is 356 g/mol. The van der Waals surface area contributed by atoms with Gasteiger partial charge in [0, 0.05) is 24.2 Å². The van der Waals surface area contributed by atoms with E-state index >= 15 is 0 Å². The molecule has 1 heterocycles. The summed E-state index contributed by atoms with van der Waals surface area (Å²) >= 11 is 0. The van der Waals surface area contributed by atoms with Crippen LogP contribution in [-0.4, -0.2) is 32.9 Å². The summed E-state index contributed by atoms with van der Waals surface area (Å²) in [7, 11) is -3.24. The second-order valence-electron chi connectivity index (χ2n) is 5.97. The van der Waals surface area contributed by atoms with Crippen LogP contribution in [0, 0.1) is 6.92 Å². The van der Waals surface area contributed by atoms with Crippen molar-refractivity contribution < 1.29 is 22.7 Å². The summed E-state index contributed by atoms with van der Waals surface area (Å²) in [6.45, 7) is 5.66. The largest absolute Gasteiger partial charge is 0.454 e. The van der Waals surface area contributed by atoms with E-state index in [9.17, 15) is 13.2 Å². The van der Waals surface area contributed by atoms with E-state index in [2.05, 4.69) is 10.0 Å². The van der Waals surface area contributed by atoms with Gasteiger partial charge in [0.1, 0.15) is 0 Å². The van der Waals surface area contributed by atoms with Gasteiger partial charge in [0.15, 0.2) is 11.5 Å². The fourth-order valence-corrected chi connectivity index (χ4v) is 3.01. The molecular formula is C16H24N2O5S. The van der Waals surface area contributed by atoms with Crippen LogP contribution in [0.15, 0.2) is 12.1 Å². The van der Waals surface area contributed by atoms with Gasteiger partial charge in [-0.3, -0.25) is 4.79 Å². The molecule has 0 spiro atoms. The number of hydrogen-bond acceptors (Lipinski definition) is 5. The van der Waals surface area contributed by atoms with Gasteiger partial charge in [0.05, 0.1) is 5.25 Å². The second-order valence-corrected chi connectivity index (χ2v) is 8.29. The molecule has 8 heteroatoms. The maximum absolute atomic E-state index is 12.0. The molecule has 0 aliphatic carbocycles. The average Bonchev–Trinajstić information content (AvgIpc) is 2.99. The molecule has 0 atom stereocenters. The van der Waals surface area contributed by atoms with Crippen LogP contribution >= 0.6 is 0 Å². The predicted octanol–water partition coefficient (Wildman–Crippen LogP) is 2.16. The number of benzene rings is 1. The molecule has 1 aliphatic rings. The van der Waals surface area contributed by atoms with Gasteiger partial charge in [0.25, 0.3) is 0 Å². The molecule has 0 bridgehead atoms. The highest BCUT2D eigenvalue weighted by Crippen LogP contribution is 2.38. The predicted molar refractivity (Wildman–Crippen MR) is 91.8 cm³/mol. The van der Waals surface area contributed by atoms with Gasteiger partial charge >= 0.3 is 0 Å². The highest BCUT2D eigenvalue weighted by Gasteiger charge is 2.19. The van der Waals surface area contributed by atoms with Crippen molar-refractivity contribution >= 4 is 21.6 Å². The molecule has 1 aliphatic heterocycles. The van der Waals surface area contributed by atoms with Gasteiger partial charge in [0.2, 0.25) is 22.7 Å². The molecule has 0 fully saturated rings. The Labute approximate surface area is 142 Å². The van der Waals surface area contributed by atoms with Crippen LogP contribution in [0.5, 0.6) is 11.5 Å². The Hall–Kier alpha value is -1.80. The molecule has 1 aromatic carbocycles. The van der Waals surface area contributed by atoms with Crippen LogP contribution < -0.4 is 19.5 Å². The Balaban J connectivity index is 1.75. The minimum Gasteiger partial charge on any atom is -0.454 e. The molecule has 2 N–H and O–H groups in total. The zero-order chi connectivity index (χ0) is 17.7. The number of carbonyl (C=O) groups is 1. The number of nitrogens with one attached hydrogen (secondary N) is 2. The third-order valence-corrected chi connectivity index (χ3v) is 5.66. The third kappa shape index (κ3) is 4.61. The van der Waals surface area contributed by atoms with Crippen LogP contribution in [0.4, 0.5) is 5.69 Å². The summed E-state index contributed by atoms with van der Waals surface area (Å²) < 4.78 is 36.4. The summed E-state index contributed by atoms with van der Waals surface area (Å²) in [6.07, 6.45) is 1.55. The van der Waals surface area contributed by atoms with E-state index in [0.29, 0.717) is 43.0 Å². The number of anilines is 1. The summed E-state index contributed by atoms with van der Waals surface area (Å²) in [6, 6.07) is 3.56. The summed E-state index contributed by atoms with van der Waals surface area (Å²) in [4.78, 5) is 12.0. The van der Waals surface area contributed by atoms with Crippen molar-refractivity contribution in [2.75, 3.05) is 18.7 Å². The zero-order valence-electron chi connectivity index (χ0n) is 14.2. The molecular weight excluding hydrogens is 332 g/mol. The zero-order valence-corrected chi connectivity index (χ0v) is 15.0. The van der Waals surface area contributed by atoms with E-state index < -0.39 is 15.3 Å². The fraction of sp³-hybridized carbons (Fsp3) is 0.562. The van der Waals surface area contributed by atoms with Crippen molar-refractivity contribution in [1.29, 1.82) is 0 Å². The second kappa shape index (κ2) is 7.85. The highest BCUT2D eigenvalue weighted by atomic mass is 32.2. The first kappa shape index (κ1) is 18.5. The molecule has 0 radical (unpaired) electrons. The Kier molecular flexibility index (Phi) is 6.06. The first-order chi connectivity index (χ1) is 11.3. The smallest absolute Gasteiger partial charge is 0.231 e. The van der Waals surface area contributed by atoms with Crippen molar-refractivity contribution in [3.8, 4) is 11.5 Å². The van der Waals surface area contributed by atoms with E-state index in [4.69, 9.17) is 9.47 Å². The van der Waals surface area contributed by atoms with Gasteiger partial charge in [-0.05, 0) is 45.7 Å². The van der Waals surface area contributed by atoms with Gasteiger partial charge in [-0.15, -0.1) is 0 Å². The number of sulfonamides is 1. The summed E-state index contributed by atoms with van der Waals surface area (Å²) in [5, 5.41) is 2.40. The lowest BCUT2D eigenvalue weighted by molar-refractivity contribution is -0.116. The van der Waals surface area contributed by atoms with Crippen molar-refractivity contribution in [1.82, 2.24) is 4.72 Å². The van der Waals surface area contributed by atoms with E-state index in [0.717, 1.165) is 5.56 Å². The maximum Gasteiger partial charge on any atom is 0.231 e. The first-order valence-electron chi connectivity index (χ1n) is 7.99. The van der Waals surface area contributed by atoms with Crippen LogP contribution in [0.3, 0.4) is 0 Å². The summed E-state index contributed by atoms with van der Waals surface area (Å²) in [5.41, 5.74) is 1.54. The molecule has 0 aromatic heterocycles. The van der Waals surface area contributed by atoms with Gasteiger partial charge in [-0.1, -0.05) is 0 Å². The lowest BCUT2D eigenvalue weighted by Crippen LogP contribution is -2.31. The fourth-order valence-electron chi connectivity index (χ4n) is 2.25. The number of carbonyl (C=O) groups excluding carboxylic acids is 1. The molecule has 0 saturated carbocycles. The minimum atomic E-state index is -3.24. The molecule has 24 heavy (non-hydrogen) atoms.